The molecule has 1 nitrogen and oxygen atoms in total. The van der Waals surface area contributed by atoms with E-state index in [9.17, 15) is 4.79 Å². The zero-order chi connectivity index (χ0) is 9.26. The fourth-order valence-corrected chi connectivity index (χ4v) is 3.07. The first-order valence-corrected chi connectivity index (χ1v) is 6.69. The van der Waals surface area contributed by atoms with Crippen molar-refractivity contribution in [3.05, 3.63) is 39.4 Å². The first-order chi connectivity index (χ1) is 6.27. The van der Waals surface area contributed by atoms with Crippen LogP contribution < -0.4 is 0 Å². The summed E-state index contributed by atoms with van der Waals surface area (Å²) in [6, 6.07) is 4.00. The third kappa shape index (κ3) is 1.85. The van der Waals surface area contributed by atoms with Crippen LogP contribution in [0.5, 0.6) is 0 Å². The molecule has 0 fully saturated rings. The van der Waals surface area contributed by atoms with Crippen LogP contribution >= 0.6 is 11.3 Å². The van der Waals surface area contributed by atoms with Gasteiger partial charge in [0.2, 0.25) is 5.12 Å². The van der Waals surface area contributed by atoms with E-state index < -0.39 is 9.45 Å². The second kappa shape index (κ2) is 3.65. The largest absolute Gasteiger partial charge is 0.282 e. The first-order valence-electron chi connectivity index (χ1n) is 3.66. The monoisotopic (exact) mass is 226 g/mol. The molecular formula is C9H6OS3. The molecule has 2 rings (SSSR count). The highest BCUT2D eigenvalue weighted by molar-refractivity contribution is 8.40. The molecule has 2 heterocycles. The van der Waals surface area contributed by atoms with Crippen molar-refractivity contribution in [2.24, 2.45) is 0 Å². The van der Waals surface area contributed by atoms with E-state index in [0.717, 1.165) is 9.78 Å². The van der Waals surface area contributed by atoms with Crippen molar-refractivity contribution in [2.75, 3.05) is 0 Å². The Morgan fingerprint density at radius 2 is 2.31 bits per heavy atom. The van der Waals surface area contributed by atoms with Gasteiger partial charge in [-0.05, 0) is 50.3 Å². The van der Waals surface area contributed by atoms with Crippen LogP contribution in [0.2, 0.25) is 0 Å². The SMILES string of the molecule is O=C1C=CC(=Cc2cccs2)S1=S. The van der Waals surface area contributed by atoms with Crippen molar-refractivity contribution in [3.63, 3.8) is 0 Å². The lowest BCUT2D eigenvalue weighted by molar-refractivity contribution is -0.107. The van der Waals surface area contributed by atoms with E-state index in [-0.39, 0.29) is 5.12 Å². The summed E-state index contributed by atoms with van der Waals surface area (Å²) < 4.78 is 0. The Labute approximate surface area is 87.4 Å². The Morgan fingerprint density at radius 1 is 1.46 bits per heavy atom. The van der Waals surface area contributed by atoms with E-state index in [2.05, 4.69) is 0 Å². The smallest absolute Gasteiger partial charge is 0.220 e. The van der Waals surface area contributed by atoms with Crippen molar-refractivity contribution in [3.8, 4) is 0 Å². The van der Waals surface area contributed by atoms with Gasteiger partial charge < -0.3 is 0 Å². The molecule has 1 aromatic rings. The summed E-state index contributed by atoms with van der Waals surface area (Å²) in [5.41, 5.74) is 0. The van der Waals surface area contributed by atoms with E-state index in [4.69, 9.17) is 11.2 Å². The molecule has 4 heteroatoms. The minimum Gasteiger partial charge on any atom is -0.282 e. The van der Waals surface area contributed by atoms with Gasteiger partial charge in [-0.1, -0.05) is 6.07 Å². The average molecular weight is 226 g/mol. The predicted molar refractivity (Wildman–Crippen MR) is 61.2 cm³/mol. The molecule has 0 aliphatic carbocycles. The Balaban J connectivity index is 2.33. The number of hydrogen-bond acceptors (Lipinski definition) is 3. The molecule has 0 N–H and O–H groups in total. The van der Waals surface area contributed by atoms with E-state index in [1.165, 1.54) is 0 Å². The van der Waals surface area contributed by atoms with Crippen LogP contribution in [0.4, 0.5) is 0 Å². The van der Waals surface area contributed by atoms with E-state index in [1.54, 1.807) is 17.4 Å². The van der Waals surface area contributed by atoms with Crippen molar-refractivity contribution in [1.82, 2.24) is 0 Å². The fraction of sp³-hybridized carbons (Fsp3) is 0. The van der Waals surface area contributed by atoms with Crippen molar-refractivity contribution in [1.29, 1.82) is 0 Å². The second-order valence-corrected chi connectivity index (χ2v) is 5.87. The molecule has 1 unspecified atom stereocenters. The lowest BCUT2D eigenvalue weighted by Crippen LogP contribution is -1.95. The van der Waals surface area contributed by atoms with Gasteiger partial charge in [-0.15, -0.1) is 11.3 Å². The number of carbonyl (C=O) groups is 1. The standard InChI is InChI=1S/C9H6OS3/c10-9-4-3-8(13(9)11)6-7-2-1-5-12-7/h1-6H. The maximum Gasteiger partial charge on any atom is 0.220 e. The predicted octanol–water partition coefficient (Wildman–Crippen LogP) is 2.27. The molecule has 1 atom stereocenters. The van der Waals surface area contributed by atoms with Crippen molar-refractivity contribution in [2.45, 2.75) is 0 Å². The minimum absolute atomic E-state index is 0.0535. The lowest BCUT2D eigenvalue weighted by atomic mass is 10.4. The molecule has 0 spiro atoms. The van der Waals surface area contributed by atoms with Gasteiger partial charge in [0.15, 0.2) is 0 Å². The molecule has 13 heavy (non-hydrogen) atoms. The topological polar surface area (TPSA) is 17.1 Å². The summed E-state index contributed by atoms with van der Waals surface area (Å²) in [6.07, 6.45) is 5.37. The van der Waals surface area contributed by atoms with Gasteiger partial charge in [-0.25, -0.2) is 0 Å². The number of thiophene rings is 1. The molecule has 1 aromatic heterocycles. The zero-order valence-electron chi connectivity index (χ0n) is 6.60. The molecule has 0 saturated heterocycles. The number of carbonyl (C=O) groups excluding carboxylic acids is 1. The summed E-state index contributed by atoms with van der Waals surface area (Å²) in [6.45, 7) is 0. The highest BCUT2D eigenvalue weighted by Gasteiger charge is 2.14. The van der Waals surface area contributed by atoms with E-state index in [0.29, 0.717) is 0 Å². The summed E-state index contributed by atoms with van der Waals surface area (Å²) in [4.78, 5) is 13.2. The highest BCUT2D eigenvalue weighted by Crippen LogP contribution is 2.20. The Bertz CT molecular complexity index is 412. The zero-order valence-corrected chi connectivity index (χ0v) is 9.05. The van der Waals surface area contributed by atoms with Gasteiger partial charge in [0.05, 0.1) is 0 Å². The van der Waals surface area contributed by atoms with Gasteiger partial charge >= 0.3 is 0 Å². The molecule has 0 radical (unpaired) electrons. The molecule has 1 aliphatic rings. The summed E-state index contributed by atoms with van der Waals surface area (Å²) in [5, 5.41) is 2.06. The van der Waals surface area contributed by atoms with Crippen LogP contribution in [0.15, 0.2) is 34.6 Å². The van der Waals surface area contributed by atoms with Gasteiger partial charge in [-0.3, -0.25) is 4.79 Å². The number of hydrogen-bond donors (Lipinski definition) is 0. The number of rotatable bonds is 1. The molecule has 0 amide bonds. The van der Waals surface area contributed by atoms with Gasteiger partial charge in [0.1, 0.15) is 0 Å². The molecule has 66 valence electrons. The van der Waals surface area contributed by atoms with Crippen LogP contribution in [0.1, 0.15) is 4.88 Å². The molecule has 1 aliphatic heterocycles. The average Bonchev–Trinajstić information content (AvgIpc) is 2.71. The summed E-state index contributed by atoms with van der Waals surface area (Å²) in [7, 11) is -0.639. The van der Waals surface area contributed by atoms with Crippen LogP contribution in [0, 0.1) is 0 Å². The summed E-state index contributed by atoms with van der Waals surface area (Å²) >= 11 is 6.72. The maximum atomic E-state index is 11.1. The third-order valence-electron chi connectivity index (χ3n) is 1.61. The Kier molecular flexibility index (Phi) is 2.53. The van der Waals surface area contributed by atoms with Crippen LogP contribution in [-0.4, -0.2) is 5.12 Å². The van der Waals surface area contributed by atoms with E-state index >= 15 is 0 Å². The van der Waals surface area contributed by atoms with Gasteiger partial charge in [0.25, 0.3) is 0 Å². The third-order valence-corrected chi connectivity index (χ3v) is 4.68. The van der Waals surface area contributed by atoms with Gasteiger partial charge in [0, 0.05) is 9.78 Å². The molecule has 0 saturated carbocycles. The summed E-state index contributed by atoms with van der Waals surface area (Å²) in [5.74, 6) is 0. The van der Waals surface area contributed by atoms with E-state index in [1.807, 2.05) is 29.7 Å². The lowest BCUT2D eigenvalue weighted by Gasteiger charge is -1.93. The normalized spacial score (nSPS) is 24.5. The highest BCUT2D eigenvalue weighted by atomic mass is 32.8. The minimum atomic E-state index is -0.639. The second-order valence-electron chi connectivity index (χ2n) is 2.48. The molecule has 0 aromatic carbocycles. The Hall–Kier alpha value is -0.580. The van der Waals surface area contributed by atoms with Crippen molar-refractivity contribution < 1.29 is 4.79 Å². The van der Waals surface area contributed by atoms with Gasteiger partial charge in [-0.2, -0.15) is 0 Å². The number of allylic oxidation sites excluding steroid dienone is 1. The molecular weight excluding hydrogens is 220 g/mol. The maximum absolute atomic E-state index is 11.1. The van der Waals surface area contributed by atoms with Crippen molar-refractivity contribution >= 4 is 43.2 Å². The van der Waals surface area contributed by atoms with Crippen LogP contribution in [0.3, 0.4) is 0 Å². The fourth-order valence-electron chi connectivity index (χ4n) is 1.01. The molecule has 0 bridgehead atoms. The quantitative estimate of drug-likeness (QED) is 0.730. The first kappa shape index (κ1) is 8.99. The van der Waals surface area contributed by atoms with Crippen LogP contribution in [-0.2, 0) is 25.4 Å². The Morgan fingerprint density at radius 3 is 2.85 bits per heavy atom. The van der Waals surface area contributed by atoms with Crippen LogP contribution in [0.25, 0.3) is 6.08 Å².